The number of phenols is 2. The summed E-state index contributed by atoms with van der Waals surface area (Å²) in [5.74, 6) is -0.734. The zero-order valence-electron chi connectivity index (χ0n) is 9.67. The Bertz CT molecular complexity index is 580. The van der Waals surface area contributed by atoms with Crippen molar-refractivity contribution in [1.82, 2.24) is 10.3 Å². The largest absolute Gasteiger partial charge is 0.508 e. The summed E-state index contributed by atoms with van der Waals surface area (Å²) in [6.45, 7) is 2.20. The van der Waals surface area contributed by atoms with Gasteiger partial charge in [-0.25, -0.2) is 4.98 Å². The third kappa shape index (κ3) is 2.78. The summed E-state index contributed by atoms with van der Waals surface area (Å²) in [6, 6.07) is 3.84. The summed E-state index contributed by atoms with van der Waals surface area (Å²) in [7, 11) is 0. The monoisotopic (exact) mass is 264 g/mol. The van der Waals surface area contributed by atoms with Crippen LogP contribution in [0.3, 0.4) is 0 Å². The average Bonchev–Trinajstić information content (AvgIpc) is 2.72. The van der Waals surface area contributed by atoms with E-state index in [0.717, 1.165) is 16.8 Å². The second-order valence-electron chi connectivity index (χ2n) is 3.77. The van der Waals surface area contributed by atoms with E-state index in [9.17, 15) is 9.90 Å². The van der Waals surface area contributed by atoms with Crippen LogP contribution in [-0.2, 0) is 6.54 Å². The van der Waals surface area contributed by atoms with Gasteiger partial charge in [0, 0.05) is 17.1 Å². The molecule has 1 aromatic carbocycles. The fourth-order valence-corrected chi connectivity index (χ4v) is 2.16. The highest BCUT2D eigenvalue weighted by molar-refractivity contribution is 7.09. The Labute approximate surface area is 108 Å². The van der Waals surface area contributed by atoms with Crippen LogP contribution in [0.15, 0.2) is 23.6 Å². The van der Waals surface area contributed by atoms with E-state index in [0.29, 0.717) is 6.54 Å². The minimum absolute atomic E-state index is 0.0837. The number of carbonyl (C=O) groups is 1. The maximum absolute atomic E-state index is 11.8. The van der Waals surface area contributed by atoms with E-state index in [2.05, 4.69) is 10.3 Å². The number of hydrogen-bond acceptors (Lipinski definition) is 5. The van der Waals surface area contributed by atoms with Crippen LogP contribution in [0.1, 0.15) is 21.1 Å². The van der Waals surface area contributed by atoms with Crippen LogP contribution < -0.4 is 5.32 Å². The minimum atomic E-state index is -0.402. The van der Waals surface area contributed by atoms with Gasteiger partial charge in [0.15, 0.2) is 0 Å². The first kappa shape index (κ1) is 12.4. The fourth-order valence-electron chi connectivity index (χ4n) is 1.45. The summed E-state index contributed by atoms with van der Waals surface area (Å²) in [4.78, 5) is 16.0. The molecule has 0 spiro atoms. The predicted molar refractivity (Wildman–Crippen MR) is 67.8 cm³/mol. The molecule has 3 N–H and O–H groups in total. The number of aromatic hydroxyl groups is 2. The molecular formula is C12H12N2O3S. The van der Waals surface area contributed by atoms with Gasteiger partial charge in [-0.2, -0.15) is 0 Å². The van der Waals surface area contributed by atoms with Gasteiger partial charge in [-0.1, -0.05) is 0 Å². The highest BCUT2D eigenvalue weighted by Gasteiger charge is 2.11. The first-order valence-corrected chi connectivity index (χ1v) is 6.15. The smallest absolute Gasteiger partial charge is 0.255 e. The molecule has 1 heterocycles. The molecule has 18 heavy (non-hydrogen) atoms. The zero-order chi connectivity index (χ0) is 13.1. The molecule has 1 aromatic heterocycles. The van der Waals surface area contributed by atoms with E-state index >= 15 is 0 Å². The lowest BCUT2D eigenvalue weighted by Gasteiger charge is -2.05. The van der Waals surface area contributed by atoms with Crippen molar-refractivity contribution in [3.8, 4) is 11.5 Å². The lowest BCUT2D eigenvalue weighted by atomic mass is 10.2. The van der Waals surface area contributed by atoms with Crippen molar-refractivity contribution >= 4 is 17.2 Å². The first-order valence-electron chi connectivity index (χ1n) is 5.27. The van der Waals surface area contributed by atoms with Crippen LogP contribution in [0.25, 0.3) is 0 Å². The van der Waals surface area contributed by atoms with Gasteiger partial charge in [0.1, 0.15) is 16.5 Å². The molecule has 0 bridgehead atoms. The van der Waals surface area contributed by atoms with Crippen molar-refractivity contribution in [2.45, 2.75) is 13.5 Å². The normalized spacial score (nSPS) is 10.3. The highest BCUT2D eigenvalue weighted by atomic mass is 32.1. The van der Waals surface area contributed by atoms with Gasteiger partial charge in [-0.15, -0.1) is 11.3 Å². The topological polar surface area (TPSA) is 82.5 Å². The van der Waals surface area contributed by atoms with Crippen molar-refractivity contribution in [1.29, 1.82) is 0 Å². The van der Waals surface area contributed by atoms with Crippen LogP contribution in [0.4, 0.5) is 0 Å². The van der Waals surface area contributed by atoms with Gasteiger partial charge in [-0.05, 0) is 19.1 Å². The van der Waals surface area contributed by atoms with E-state index in [1.54, 1.807) is 0 Å². The Hall–Kier alpha value is -2.08. The third-order valence-corrected chi connectivity index (χ3v) is 3.26. The van der Waals surface area contributed by atoms with Crippen LogP contribution in [-0.4, -0.2) is 21.1 Å². The number of hydrogen-bond donors (Lipinski definition) is 3. The molecule has 0 saturated carbocycles. The lowest BCUT2D eigenvalue weighted by Crippen LogP contribution is -2.22. The third-order valence-electron chi connectivity index (χ3n) is 2.29. The van der Waals surface area contributed by atoms with Crippen molar-refractivity contribution in [3.63, 3.8) is 0 Å². The highest BCUT2D eigenvalue weighted by Crippen LogP contribution is 2.22. The molecule has 0 saturated heterocycles. The van der Waals surface area contributed by atoms with Crippen LogP contribution in [0.5, 0.6) is 11.5 Å². The van der Waals surface area contributed by atoms with Crippen molar-refractivity contribution in [2.75, 3.05) is 0 Å². The number of carbonyl (C=O) groups excluding carboxylic acids is 1. The number of nitrogens with zero attached hydrogens (tertiary/aromatic N) is 1. The van der Waals surface area contributed by atoms with Crippen molar-refractivity contribution < 1.29 is 15.0 Å². The van der Waals surface area contributed by atoms with E-state index in [1.165, 1.54) is 23.5 Å². The molecule has 5 nitrogen and oxygen atoms in total. The lowest BCUT2D eigenvalue weighted by molar-refractivity contribution is 0.0948. The molecule has 0 aliphatic rings. The summed E-state index contributed by atoms with van der Waals surface area (Å²) in [6.07, 6.45) is 0. The van der Waals surface area contributed by atoms with Gasteiger partial charge >= 0.3 is 0 Å². The van der Waals surface area contributed by atoms with Gasteiger partial charge < -0.3 is 15.5 Å². The number of amides is 1. The molecule has 2 aromatic rings. The first-order chi connectivity index (χ1) is 8.56. The molecule has 0 aliphatic carbocycles. The van der Waals surface area contributed by atoms with Gasteiger partial charge in [-0.3, -0.25) is 4.79 Å². The maximum Gasteiger partial charge on any atom is 0.255 e. The Morgan fingerprint density at radius 1 is 1.44 bits per heavy atom. The number of aryl methyl sites for hydroxylation is 1. The van der Waals surface area contributed by atoms with Crippen LogP contribution in [0.2, 0.25) is 0 Å². The maximum atomic E-state index is 11.8. The second-order valence-corrected chi connectivity index (χ2v) is 4.71. The molecule has 0 aliphatic heterocycles. The van der Waals surface area contributed by atoms with Crippen molar-refractivity contribution in [2.24, 2.45) is 0 Å². The Kier molecular flexibility index (Phi) is 3.47. The molecule has 0 unspecified atom stereocenters. The molecular weight excluding hydrogens is 252 g/mol. The van der Waals surface area contributed by atoms with E-state index in [-0.39, 0.29) is 17.1 Å². The standard InChI is InChI=1S/C12H12N2O3S/c1-7-6-18-11(14-7)5-13-12(17)9-3-2-8(15)4-10(9)16/h2-4,6,15-16H,5H2,1H3,(H,13,17). The zero-order valence-corrected chi connectivity index (χ0v) is 10.5. The Morgan fingerprint density at radius 2 is 2.22 bits per heavy atom. The summed E-state index contributed by atoms with van der Waals surface area (Å²) < 4.78 is 0. The molecule has 1 amide bonds. The molecule has 0 fully saturated rings. The van der Waals surface area contributed by atoms with E-state index in [1.807, 2.05) is 12.3 Å². The summed E-state index contributed by atoms with van der Waals surface area (Å²) >= 11 is 1.47. The number of rotatable bonds is 3. The fraction of sp³-hybridized carbons (Fsp3) is 0.167. The Morgan fingerprint density at radius 3 is 2.83 bits per heavy atom. The molecule has 2 rings (SSSR count). The number of nitrogens with one attached hydrogen (secondary N) is 1. The van der Waals surface area contributed by atoms with Crippen LogP contribution >= 0.6 is 11.3 Å². The summed E-state index contributed by atoms with van der Waals surface area (Å²) in [5, 5.41) is 24.0. The summed E-state index contributed by atoms with van der Waals surface area (Å²) in [5.41, 5.74) is 1.04. The number of aromatic nitrogens is 1. The van der Waals surface area contributed by atoms with Crippen molar-refractivity contribution in [3.05, 3.63) is 39.8 Å². The molecule has 0 radical (unpaired) electrons. The number of benzene rings is 1. The molecule has 94 valence electrons. The van der Waals surface area contributed by atoms with Crippen LogP contribution in [0, 0.1) is 6.92 Å². The van der Waals surface area contributed by atoms with E-state index in [4.69, 9.17) is 5.11 Å². The van der Waals surface area contributed by atoms with Gasteiger partial charge in [0.05, 0.1) is 12.1 Å². The SMILES string of the molecule is Cc1csc(CNC(=O)c2ccc(O)cc2O)n1. The predicted octanol–water partition coefficient (Wildman–Crippen LogP) is 1.79. The average molecular weight is 264 g/mol. The molecule has 6 heteroatoms. The quantitative estimate of drug-likeness (QED) is 0.789. The number of phenolic OH excluding ortho intramolecular Hbond substituents is 2. The van der Waals surface area contributed by atoms with E-state index < -0.39 is 5.91 Å². The number of thiazole rings is 1. The molecule has 0 atom stereocenters. The second kappa shape index (κ2) is 5.05. The Balaban J connectivity index is 2.03. The van der Waals surface area contributed by atoms with Gasteiger partial charge in [0.2, 0.25) is 0 Å². The minimum Gasteiger partial charge on any atom is -0.508 e. The van der Waals surface area contributed by atoms with Gasteiger partial charge in [0.25, 0.3) is 5.91 Å².